The molecule has 0 saturated carbocycles. The zero-order chi connectivity index (χ0) is 24.9. The van der Waals surface area contributed by atoms with E-state index < -0.39 is 6.03 Å². The molecule has 2 amide bonds. The molecule has 2 N–H and O–H groups in total. The molecule has 0 unspecified atom stereocenters. The average Bonchev–Trinajstić information content (AvgIpc) is 3.19. The molecule has 0 bridgehead atoms. The number of benzene rings is 3. The lowest BCUT2D eigenvalue weighted by atomic mass is 10.1. The smallest absolute Gasteiger partial charge is 0.323 e. The first kappa shape index (κ1) is 27.4. The normalized spacial score (nSPS) is 10.7. The molecule has 0 aliphatic rings. The molecule has 0 atom stereocenters. The molecule has 0 spiro atoms. The summed E-state index contributed by atoms with van der Waals surface area (Å²) in [6, 6.07) is 17.4. The van der Waals surface area contributed by atoms with E-state index in [1.165, 1.54) is 7.11 Å². The van der Waals surface area contributed by atoms with Crippen molar-refractivity contribution in [3.63, 3.8) is 0 Å². The second-order valence-electron chi connectivity index (χ2n) is 7.53. The van der Waals surface area contributed by atoms with Crippen LogP contribution in [0.4, 0.5) is 16.2 Å². The molecule has 186 valence electrons. The number of amides is 2. The molecule has 1 heterocycles. The Kier molecular flexibility index (Phi) is 9.29. The van der Waals surface area contributed by atoms with Gasteiger partial charge in [-0.1, -0.05) is 53.0 Å². The van der Waals surface area contributed by atoms with Gasteiger partial charge >= 0.3 is 6.03 Å². The van der Waals surface area contributed by atoms with E-state index in [9.17, 15) is 4.79 Å². The van der Waals surface area contributed by atoms with Crippen molar-refractivity contribution in [1.29, 1.82) is 0 Å². The van der Waals surface area contributed by atoms with Crippen LogP contribution in [0, 0.1) is 0 Å². The third-order valence-electron chi connectivity index (χ3n) is 5.27. The van der Waals surface area contributed by atoms with Gasteiger partial charge < -0.3 is 19.9 Å². The first-order valence-corrected chi connectivity index (χ1v) is 11.6. The number of nitrogens with zero attached hydrogens (tertiary/aromatic N) is 2. The van der Waals surface area contributed by atoms with E-state index in [-0.39, 0.29) is 12.4 Å². The number of carbonyl (C=O) groups is 1. The van der Waals surface area contributed by atoms with E-state index in [2.05, 4.69) is 15.6 Å². The van der Waals surface area contributed by atoms with Crippen molar-refractivity contribution in [1.82, 2.24) is 9.55 Å². The van der Waals surface area contributed by atoms with Gasteiger partial charge in [-0.05, 0) is 60.2 Å². The number of hydrogen-bond donors (Lipinski definition) is 2. The summed E-state index contributed by atoms with van der Waals surface area (Å²) >= 11 is 18.5. The molecule has 6 nitrogen and oxygen atoms in total. The summed E-state index contributed by atoms with van der Waals surface area (Å²) in [5.74, 6) is 1.26. The molecular formula is C26H22Cl4N4O2. The lowest BCUT2D eigenvalue weighted by molar-refractivity contribution is 0.262. The second-order valence-corrected chi connectivity index (χ2v) is 8.78. The van der Waals surface area contributed by atoms with Crippen LogP contribution in [0.25, 0.3) is 23.4 Å². The third-order valence-corrected chi connectivity index (χ3v) is 6.17. The molecule has 0 saturated heterocycles. The summed E-state index contributed by atoms with van der Waals surface area (Å²) < 4.78 is 7.22. The average molecular weight is 564 g/mol. The highest BCUT2D eigenvalue weighted by molar-refractivity contribution is 6.37. The van der Waals surface area contributed by atoms with E-state index in [0.717, 1.165) is 22.6 Å². The maximum Gasteiger partial charge on any atom is 0.323 e. The van der Waals surface area contributed by atoms with Crippen molar-refractivity contribution >= 4 is 76.8 Å². The molecule has 1 aromatic heterocycles. The van der Waals surface area contributed by atoms with Crippen molar-refractivity contribution in [3.8, 4) is 17.0 Å². The summed E-state index contributed by atoms with van der Waals surface area (Å²) in [4.78, 5) is 16.9. The van der Waals surface area contributed by atoms with Crippen LogP contribution >= 0.6 is 47.2 Å². The number of imidazole rings is 1. The van der Waals surface area contributed by atoms with Gasteiger partial charge in [0.2, 0.25) is 0 Å². The molecule has 10 heteroatoms. The maximum atomic E-state index is 12.4. The fourth-order valence-electron chi connectivity index (χ4n) is 3.46. The van der Waals surface area contributed by atoms with Crippen LogP contribution in [0.3, 0.4) is 0 Å². The summed E-state index contributed by atoms with van der Waals surface area (Å²) in [6.45, 7) is 0. The Labute approximate surface area is 230 Å². The predicted molar refractivity (Wildman–Crippen MR) is 152 cm³/mol. The Hall–Kier alpha value is -3.16. The molecule has 0 radical (unpaired) electrons. The summed E-state index contributed by atoms with van der Waals surface area (Å²) in [6.07, 6.45) is 5.49. The van der Waals surface area contributed by atoms with Crippen LogP contribution in [0.1, 0.15) is 11.4 Å². The molecular weight excluding hydrogens is 542 g/mol. The lowest BCUT2D eigenvalue weighted by Gasteiger charge is -2.12. The minimum atomic E-state index is -0.412. The molecule has 0 aliphatic carbocycles. The number of methoxy groups -OCH3 is 1. The van der Waals surface area contributed by atoms with Crippen LogP contribution in [0.5, 0.6) is 5.75 Å². The number of urea groups is 1. The predicted octanol–water partition coefficient (Wildman–Crippen LogP) is 8.29. The van der Waals surface area contributed by atoms with Gasteiger partial charge in [0.15, 0.2) is 0 Å². The Morgan fingerprint density at radius 2 is 1.67 bits per heavy atom. The van der Waals surface area contributed by atoms with Crippen LogP contribution < -0.4 is 15.4 Å². The number of hydrogen-bond acceptors (Lipinski definition) is 3. The Morgan fingerprint density at radius 1 is 0.972 bits per heavy atom. The van der Waals surface area contributed by atoms with E-state index in [1.54, 1.807) is 42.6 Å². The highest BCUT2D eigenvalue weighted by Crippen LogP contribution is 2.29. The number of rotatable bonds is 6. The molecule has 0 aliphatic heterocycles. The fourth-order valence-corrected chi connectivity index (χ4v) is 4.16. The molecule has 0 fully saturated rings. The third kappa shape index (κ3) is 6.33. The van der Waals surface area contributed by atoms with Gasteiger partial charge in [-0.2, -0.15) is 0 Å². The number of halogens is 4. The zero-order valence-corrected chi connectivity index (χ0v) is 22.3. The fraction of sp³-hybridized carbons (Fsp3) is 0.0769. The molecule has 4 rings (SSSR count). The van der Waals surface area contributed by atoms with Gasteiger partial charge in [0.1, 0.15) is 11.6 Å². The van der Waals surface area contributed by atoms with E-state index in [0.29, 0.717) is 32.2 Å². The van der Waals surface area contributed by atoms with E-state index in [4.69, 9.17) is 39.5 Å². The van der Waals surface area contributed by atoms with Gasteiger partial charge in [-0.25, -0.2) is 9.78 Å². The van der Waals surface area contributed by atoms with Gasteiger partial charge in [0, 0.05) is 33.4 Å². The molecule has 3 aromatic carbocycles. The van der Waals surface area contributed by atoms with Crippen LogP contribution in [-0.2, 0) is 7.05 Å². The monoisotopic (exact) mass is 562 g/mol. The largest absolute Gasteiger partial charge is 0.495 e. The maximum absolute atomic E-state index is 12.4. The molecule has 36 heavy (non-hydrogen) atoms. The second kappa shape index (κ2) is 12.2. The summed E-state index contributed by atoms with van der Waals surface area (Å²) in [5, 5.41) is 7.18. The van der Waals surface area contributed by atoms with Gasteiger partial charge in [0.05, 0.1) is 24.7 Å². The first-order valence-electron chi connectivity index (χ1n) is 10.5. The number of anilines is 2. The quantitative estimate of drug-likeness (QED) is 0.248. The van der Waals surface area contributed by atoms with Crippen molar-refractivity contribution in [2.75, 3.05) is 17.7 Å². The standard InChI is InChI=1S/C26H21Cl3N4O2.ClH/c1-33-23(15-30-25(33)13-11-19-20(28)4-3-5-21(19)29)16-6-9-18(10-7-16)31-26(34)32-22-14-17(27)8-12-24(22)35-2;/h3-15H,1-2H3,(H2,31,32,34);1H/b13-11+;. The van der Waals surface area contributed by atoms with Gasteiger partial charge in [0.25, 0.3) is 0 Å². The van der Waals surface area contributed by atoms with Crippen LogP contribution in [-0.4, -0.2) is 22.7 Å². The summed E-state index contributed by atoms with van der Waals surface area (Å²) in [7, 11) is 3.45. The van der Waals surface area contributed by atoms with Crippen molar-refractivity contribution in [3.05, 3.63) is 93.3 Å². The molecule has 4 aromatic rings. The van der Waals surface area contributed by atoms with E-state index in [1.807, 2.05) is 48.0 Å². The SMILES string of the molecule is COc1ccc(Cl)cc1NC(=O)Nc1ccc(-c2cnc(/C=C/c3c(Cl)cccc3Cl)n2C)cc1.Cl. The highest BCUT2D eigenvalue weighted by atomic mass is 35.5. The van der Waals surface area contributed by atoms with Gasteiger partial charge in [-0.15, -0.1) is 12.4 Å². The zero-order valence-electron chi connectivity index (χ0n) is 19.3. The Morgan fingerprint density at radius 3 is 2.33 bits per heavy atom. The first-order chi connectivity index (χ1) is 16.9. The van der Waals surface area contributed by atoms with Crippen molar-refractivity contribution in [2.24, 2.45) is 7.05 Å². The van der Waals surface area contributed by atoms with Crippen LogP contribution in [0.2, 0.25) is 15.1 Å². The lowest BCUT2D eigenvalue weighted by Crippen LogP contribution is -2.19. The van der Waals surface area contributed by atoms with Crippen molar-refractivity contribution in [2.45, 2.75) is 0 Å². The van der Waals surface area contributed by atoms with E-state index >= 15 is 0 Å². The minimum Gasteiger partial charge on any atom is -0.495 e. The number of aromatic nitrogens is 2. The number of ether oxygens (including phenoxy) is 1. The topological polar surface area (TPSA) is 68.2 Å². The summed E-state index contributed by atoms with van der Waals surface area (Å²) in [5.41, 5.74) is 3.70. The van der Waals surface area contributed by atoms with Crippen LogP contribution in [0.15, 0.2) is 66.9 Å². The Balaban J connectivity index is 0.00000361. The highest BCUT2D eigenvalue weighted by Gasteiger charge is 2.11. The van der Waals surface area contributed by atoms with Gasteiger partial charge in [-0.3, -0.25) is 0 Å². The minimum absolute atomic E-state index is 0. The van der Waals surface area contributed by atoms with Crippen molar-refractivity contribution < 1.29 is 9.53 Å². The Bertz CT molecular complexity index is 1380. The number of nitrogens with one attached hydrogen (secondary N) is 2. The number of carbonyl (C=O) groups excluding carboxylic acids is 1.